The minimum atomic E-state index is -1.51. The minimum Gasteiger partial charge on any atom is -0.504 e. The van der Waals surface area contributed by atoms with Crippen LogP contribution in [-0.2, 0) is 26.1 Å². The largest absolute Gasteiger partial charge is 0.504 e. The van der Waals surface area contributed by atoms with Gasteiger partial charge in [0.25, 0.3) is 5.97 Å². The normalized spacial score (nSPS) is 42.1. The van der Waals surface area contributed by atoms with Crippen LogP contribution >= 0.6 is 0 Å². The topological polar surface area (TPSA) is 169 Å². The summed E-state index contributed by atoms with van der Waals surface area (Å²) in [7, 11) is 2.14. The first-order valence-corrected chi connectivity index (χ1v) is 12.2. The number of aliphatic hydroxyl groups excluding tert-OH is 4. The molecule has 0 saturated carbocycles. The van der Waals surface area contributed by atoms with Gasteiger partial charge in [-0.25, -0.2) is 0 Å². The molecule has 6 rings (SSSR count). The third-order valence-corrected chi connectivity index (χ3v) is 8.27. The lowest BCUT2D eigenvalue weighted by Crippen LogP contribution is -2.66. The van der Waals surface area contributed by atoms with Crippen molar-refractivity contribution in [2.24, 2.45) is 5.92 Å². The van der Waals surface area contributed by atoms with Crippen molar-refractivity contribution in [3.8, 4) is 11.5 Å². The summed E-state index contributed by atoms with van der Waals surface area (Å²) in [6.07, 6.45) is -2.02. The summed E-state index contributed by atoms with van der Waals surface area (Å²) in [5.41, 5.74) is 1.87. The molecule has 5 aliphatic rings. The van der Waals surface area contributed by atoms with Crippen LogP contribution in [0.25, 0.3) is 0 Å². The van der Waals surface area contributed by atoms with Gasteiger partial charge in [-0.2, -0.15) is 0 Å². The lowest BCUT2D eigenvalue weighted by Gasteiger charge is -2.57. The van der Waals surface area contributed by atoms with E-state index in [1.807, 2.05) is 12.1 Å². The van der Waals surface area contributed by atoms with Crippen LogP contribution in [0.5, 0.6) is 11.5 Å². The number of ether oxygens (including phenoxy) is 3. The molecule has 1 aromatic carbocycles. The van der Waals surface area contributed by atoms with Crippen molar-refractivity contribution in [3.63, 3.8) is 0 Å². The Morgan fingerprint density at radius 2 is 1.92 bits per heavy atom. The first kappa shape index (κ1) is 25.4. The molecule has 1 aromatic rings. The molecular formula is C25H33NO10. The van der Waals surface area contributed by atoms with Crippen LogP contribution in [0.1, 0.15) is 24.5 Å². The summed E-state index contributed by atoms with van der Waals surface area (Å²) in [5, 5.41) is 58.2. The maximum absolute atomic E-state index is 10.6. The summed E-state index contributed by atoms with van der Waals surface area (Å²) >= 11 is 0. The van der Waals surface area contributed by atoms with E-state index in [2.05, 4.69) is 18.0 Å². The number of carbonyl (C=O) groups is 1. The molecule has 3 aliphatic heterocycles. The molecule has 2 saturated heterocycles. The quantitative estimate of drug-likeness (QED) is 0.281. The molecule has 0 unspecified atom stereocenters. The average molecular weight is 508 g/mol. The predicted molar refractivity (Wildman–Crippen MR) is 124 cm³/mol. The molecule has 1 spiro atoms. The van der Waals surface area contributed by atoms with E-state index in [9.17, 15) is 25.5 Å². The number of aliphatic hydroxyl groups is 4. The Hall–Kier alpha value is -2.25. The van der Waals surface area contributed by atoms with Gasteiger partial charge in [0, 0.05) is 29.9 Å². The van der Waals surface area contributed by atoms with Crippen molar-refractivity contribution < 1.29 is 49.6 Å². The number of hydrogen-bond acceptors (Lipinski definition) is 10. The summed E-state index contributed by atoms with van der Waals surface area (Å²) in [5.74, 6) is -0.0294. The van der Waals surface area contributed by atoms with Crippen LogP contribution in [0.15, 0.2) is 24.3 Å². The molecule has 3 heterocycles. The Labute approximate surface area is 208 Å². The van der Waals surface area contributed by atoms with Gasteiger partial charge >= 0.3 is 0 Å². The van der Waals surface area contributed by atoms with Crippen LogP contribution in [0.4, 0.5) is 0 Å². The number of phenols is 1. The molecule has 0 amide bonds. The second-order valence-corrected chi connectivity index (χ2v) is 10.3. The van der Waals surface area contributed by atoms with Gasteiger partial charge in [0.2, 0.25) is 0 Å². The van der Waals surface area contributed by atoms with Crippen molar-refractivity contribution in [2.75, 3.05) is 20.2 Å². The summed E-state index contributed by atoms with van der Waals surface area (Å²) < 4.78 is 18.1. The van der Waals surface area contributed by atoms with E-state index in [1.54, 1.807) is 6.07 Å². The second-order valence-electron chi connectivity index (χ2n) is 10.3. The number of phenolic OH excluding ortho intramolecular Hbond substituents is 1. The zero-order valence-electron chi connectivity index (χ0n) is 20.1. The van der Waals surface area contributed by atoms with E-state index in [0.29, 0.717) is 11.8 Å². The van der Waals surface area contributed by atoms with Crippen molar-refractivity contribution in [1.82, 2.24) is 4.90 Å². The fourth-order valence-electron chi connectivity index (χ4n) is 6.67. The molecule has 2 fully saturated rings. The van der Waals surface area contributed by atoms with Crippen molar-refractivity contribution in [2.45, 2.75) is 74.1 Å². The lowest BCUT2D eigenvalue weighted by atomic mass is 9.53. The number of carboxylic acid groups (broad SMARTS) is 1. The van der Waals surface area contributed by atoms with Gasteiger partial charge in [-0.1, -0.05) is 18.2 Å². The number of likely N-dealkylation sites (tertiary alicyclic amines) is 1. The van der Waals surface area contributed by atoms with Crippen molar-refractivity contribution in [3.05, 3.63) is 35.4 Å². The third kappa shape index (κ3) is 3.73. The molecule has 11 nitrogen and oxygen atoms in total. The van der Waals surface area contributed by atoms with Gasteiger partial charge in [-0.05, 0) is 38.1 Å². The Balaban J connectivity index is 0.000000623. The maximum atomic E-state index is 10.6. The maximum Gasteiger partial charge on any atom is 0.300 e. The van der Waals surface area contributed by atoms with E-state index >= 15 is 0 Å². The van der Waals surface area contributed by atoms with Crippen LogP contribution in [-0.4, -0.2) is 111 Å². The zero-order valence-corrected chi connectivity index (χ0v) is 20.1. The van der Waals surface area contributed by atoms with E-state index in [0.717, 1.165) is 31.9 Å². The van der Waals surface area contributed by atoms with Gasteiger partial charge in [-0.3, -0.25) is 4.79 Å². The number of carboxylic acids is 1. The number of rotatable bonds is 3. The van der Waals surface area contributed by atoms with Crippen molar-refractivity contribution >= 4 is 5.97 Å². The molecule has 10 atom stereocenters. The summed E-state index contributed by atoms with van der Waals surface area (Å²) in [6, 6.07) is 3.97. The van der Waals surface area contributed by atoms with Crippen LogP contribution in [0.2, 0.25) is 0 Å². The summed E-state index contributed by atoms with van der Waals surface area (Å²) in [4.78, 5) is 11.4. The first-order chi connectivity index (χ1) is 17.1. The molecule has 0 aromatic heterocycles. The lowest BCUT2D eigenvalue weighted by molar-refractivity contribution is -0.314. The smallest absolute Gasteiger partial charge is 0.300 e. The molecule has 198 valence electrons. The Kier molecular flexibility index (Phi) is 6.53. The second kappa shape index (κ2) is 9.25. The number of benzene rings is 1. The number of hydrogen-bond donors (Lipinski definition) is 6. The molecule has 36 heavy (non-hydrogen) atoms. The molecular weight excluding hydrogens is 474 g/mol. The highest BCUT2D eigenvalue weighted by atomic mass is 16.7. The van der Waals surface area contributed by atoms with Crippen LogP contribution in [0, 0.1) is 5.92 Å². The molecule has 6 N–H and O–H groups in total. The molecule has 11 heteroatoms. The van der Waals surface area contributed by atoms with Gasteiger partial charge < -0.3 is 49.7 Å². The van der Waals surface area contributed by atoms with Gasteiger partial charge in [0.05, 0.1) is 6.61 Å². The highest BCUT2D eigenvalue weighted by Gasteiger charge is 2.65. The van der Waals surface area contributed by atoms with E-state index in [-0.39, 0.29) is 17.1 Å². The number of nitrogens with zero attached hydrogens (tertiary/aromatic N) is 1. The fourth-order valence-corrected chi connectivity index (χ4v) is 6.67. The molecule has 2 aliphatic carbocycles. The zero-order chi connectivity index (χ0) is 25.9. The predicted octanol–water partition coefficient (Wildman–Crippen LogP) is -0.887. The number of aliphatic carboxylic acids is 1. The Morgan fingerprint density at radius 1 is 1.19 bits per heavy atom. The van der Waals surface area contributed by atoms with Crippen LogP contribution < -0.4 is 4.74 Å². The van der Waals surface area contributed by atoms with Crippen LogP contribution in [0.3, 0.4) is 0 Å². The SMILES string of the molecule is CC(=O)O.CN1CC[C@]23c4c5ccc(O)c4O[C@H]2[C@@H](O[C@H]2O[C@H](CO)[C@@H](O)[C@H](O)[C@@H]2O)C=C[C@H]3[C@H]1C5. The van der Waals surface area contributed by atoms with E-state index in [1.165, 1.54) is 5.56 Å². The molecule has 0 radical (unpaired) electrons. The fraction of sp³-hybridized carbons (Fsp3) is 0.640. The number of aromatic hydroxyl groups is 1. The van der Waals surface area contributed by atoms with Gasteiger partial charge in [0.1, 0.15) is 36.6 Å². The van der Waals surface area contributed by atoms with E-state index in [4.69, 9.17) is 24.1 Å². The highest BCUT2D eigenvalue weighted by molar-refractivity contribution is 5.63. The molecule has 2 bridgehead atoms. The van der Waals surface area contributed by atoms with Gasteiger partial charge in [-0.15, -0.1) is 0 Å². The minimum absolute atomic E-state index is 0.107. The van der Waals surface area contributed by atoms with E-state index < -0.39 is 55.5 Å². The third-order valence-electron chi connectivity index (χ3n) is 8.27. The average Bonchev–Trinajstić information content (AvgIpc) is 3.19. The summed E-state index contributed by atoms with van der Waals surface area (Å²) in [6.45, 7) is 1.45. The first-order valence-electron chi connectivity index (χ1n) is 12.2. The van der Waals surface area contributed by atoms with Crippen molar-refractivity contribution in [1.29, 1.82) is 0 Å². The number of piperidine rings is 1. The monoisotopic (exact) mass is 507 g/mol. The Morgan fingerprint density at radius 3 is 2.61 bits per heavy atom. The number of likely N-dealkylation sites (N-methyl/N-ethyl adjacent to an activating group) is 1. The Bertz CT molecular complexity index is 1040. The van der Waals surface area contributed by atoms with Gasteiger partial charge in [0.15, 0.2) is 17.8 Å². The standard InChI is InChI=1S/C23H29NO8.C2H4O2/c1-24-7-6-23-11-3-5-14(30-22-19(29)18(28)17(27)15(9-25)31-22)21(23)32-20-13(26)4-2-10(16(20)23)8-12(11)24;1-2(3)4/h2-5,11-12,14-15,17-19,21-22,25-29H,6-9H2,1H3;1H3,(H,3,4)/t11-,12+,14-,15+,17+,18-,19-,21-,22-,23-;/m0./s1. The highest BCUT2D eigenvalue weighted by Crippen LogP contribution is 2.62.